The van der Waals surface area contributed by atoms with Crippen LogP contribution in [-0.4, -0.2) is 5.97 Å². The van der Waals surface area contributed by atoms with Crippen LogP contribution in [0, 0.1) is 5.92 Å². The number of carbonyl (C=O) groups excluding carboxylic acids is 1. The minimum atomic E-state index is -0.314. The largest absolute Gasteiger partial charge is 0.426 e. The van der Waals surface area contributed by atoms with E-state index in [1.54, 1.807) is 0 Å². The number of benzene rings is 1. The summed E-state index contributed by atoms with van der Waals surface area (Å²) in [6, 6.07) is 5.82. The van der Waals surface area contributed by atoms with Crippen molar-refractivity contribution in [2.24, 2.45) is 11.7 Å². The molecule has 0 saturated heterocycles. The molecule has 0 fully saturated rings. The topological polar surface area (TPSA) is 52.3 Å². The molecule has 0 radical (unpaired) electrons. The van der Waals surface area contributed by atoms with E-state index < -0.39 is 0 Å². The van der Waals surface area contributed by atoms with Gasteiger partial charge in [-0.2, -0.15) is 0 Å². The Bertz CT molecular complexity index is 372. The van der Waals surface area contributed by atoms with E-state index in [1.165, 1.54) is 12.5 Å². The summed E-state index contributed by atoms with van der Waals surface area (Å²) in [7, 11) is 0. The van der Waals surface area contributed by atoms with Gasteiger partial charge in [0.1, 0.15) is 5.75 Å². The van der Waals surface area contributed by atoms with Crippen LogP contribution in [0.15, 0.2) is 18.2 Å². The minimum Gasteiger partial charge on any atom is -0.426 e. The number of nitrogens with two attached hydrogens (primary N) is 1. The van der Waals surface area contributed by atoms with Gasteiger partial charge in [-0.25, -0.2) is 0 Å². The molecule has 0 aliphatic heterocycles. The SMILES string of the molecule is CC(=O)Oc1ccc(CC(C)C)cc1CN. The third-order valence-electron chi connectivity index (χ3n) is 2.24. The lowest BCUT2D eigenvalue weighted by Gasteiger charge is -2.11. The maximum absolute atomic E-state index is 10.9. The van der Waals surface area contributed by atoms with Crippen LogP contribution in [0.3, 0.4) is 0 Å². The maximum Gasteiger partial charge on any atom is 0.308 e. The van der Waals surface area contributed by atoms with Crippen molar-refractivity contribution in [3.8, 4) is 5.75 Å². The third kappa shape index (κ3) is 3.66. The Labute approximate surface area is 96.6 Å². The van der Waals surface area contributed by atoms with E-state index in [2.05, 4.69) is 13.8 Å². The molecular weight excluding hydrogens is 202 g/mol. The van der Waals surface area contributed by atoms with Gasteiger partial charge < -0.3 is 10.5 Å². The summed E-state index contributed by atoms with van der Waals surface area (Å²) in [4.78, 5) is 10.9. The van der Waals surface area contributed by atoms with Gasteiger partial charge in [0.15, 0.2) is 0 Å². The van der Waals surface area contributed by atoms with E-state index in [0.29, 0.717) is 18.2 Å². The highest BCUT2D eigenvalue weighted by Crippen LogP contribution is 2.21. The summed E-state index contributed by atoms with van der Waals surface area (Å²) in [6.45, 7) is 6.11. The highest BCUT2D eigenvalue weighted by Gasteiger charge is 2.07. The molecule has 0 bridgehead atoms. The van der Waals surface area contributed by atoms with Crippen molar-refractivity contribution in [2.45, 2.75) is 33.7 Å². The summed E-state index contributed by atoms with van der Waals surface area (Å²) < 4.78 is 5.08. The lowest BCUT2D eigenvalue weighted by atomic mass is 10.0. The van der Waals surface area contributed by atoms with Gasteiger partial charge >= 0.3 is 5.97 Å². The van der Waals surface area contributed by atoms with Gasteiger partial charge in [-0.05, 0) is 24.0 Å². The monoisotopic (exact) mass is 221 g/mol. The van der Waals surface area contributed by atoms with Crippen LogP contribution >= 0.6 is 0 Å². The fourth-order valence-corrected chi connectivity index (χ4v) is 1.65. The number of carbonyl (C=O) groups is 1. The molecule has 1 aromatic carbocycles. The van der Waals surface area contributed by atoms with Crippen molar-refractivity contribution < 1.29 is 9.53 Å². The second-order valence-electron chi connectivity index (χ2n) is 4.34. The Hall–Kier alpha value is -1.35. The fraction of sp³-hybridized carbons (Fsp3) is 0.462. The molecule has 0 atom stereocenters. The fourth-order valence-electron chi connectivity index (χ4n) is 1.65. The molecule has 3 heteroatoms. The molecule has 16 heavy (non-hydrogen) atoms. The zero-order valence-corrected chi connectivity index (χ0v) is 10.1. The number of rotatable bonds is 4. The van der Waals surface area contributed by atoms with E-state index in [9.17, 15) is 4.79 Å². The molecule has 0 heterocycles. The molecule has 0 aliphatic carbocycles. The molecule has 0 amide bonds. The van der Waals surface area contributed by atoms with Gasteiger partial charge in [-0.3, -0.25) is 4.79 Å². The van der Waals surface area contributed by atoms with E-state index in [4.69, 9.17) is 10.5 Å². The molecule has 2 N–H and O–H groups in total. The molecule has 0 unspecified atom stereocenters. The van der Waals surface area contributed by atoms with Crippen molar-refractivity contribution >= 4 is 5.97 Å². The van der Waals surface area contributed by atoms with Crippen molar-refractivity contribution in [3.05, 3.63) is 29.3 Å². The molecule has 0 aliphatic rings. The van der Waals surface area contributed by atoms with E-state index in [1.807, 2.05) is 18.2 Å². The summed E-state index contributed by atoms with van der Waals surface area (Å²) in [5, 5.41) is 0. The average Bonchev–Trinajstić information content (AvgIpc) is 2.18. The van der Waals surface area contributed by atoms with E-state index >= 15 is 0 Å². The molecule has 88 valence electrons. The van der Waals surface area contributed by atoms with Crippen LogP contribution in [0.5, 0.6) is 5.75 Å². The number of hydrogen-bond donors (Lipinski definition) is 1. The Morgan fingerprint density at radius 2 is 2.12 bits per heavy atom. The van der Waals surface area contributed by atoms with Gasteiger partial charge in [0.05, 0.1) is 0 Å². The summed E-state index contributed by atoms with van der Waals surface area (Å²) >= 11 is 0. The van der Waals surface area contributed by atoms with Gasteiger partial charge in [0, 0.05) is 19.0 Å². The van der Waals surface area contributed by atoms with Crippen molar-refractivity contribution in [1.82, 2.24) is 0 Å². The highest BCUT2D eigenvalue weighted by molar-refractivity contribution is 5.69. The number of esters is 1. The Morgan fingerprint density at radius 1 is 1.44 bits per heavy atom. The standard InChI is InChI=1S/C13H19NO2/c1-9(2)6-11-4-5-13(16-10(3)15)12(7-11)8-14/h4-5,7,9H,6,8,14H2,1-3H3. The van der Waals surface area contributed by atoms with Crippen LogP contribution in [-0.2, 0) is 17.8 Å². The highest BCUT2D eigenvalue weighted by atomic mass is 16.5. The normalized spacial score (nSPS) is 10.6. The Balaban J connectivity index is 2.92. The Morgan fingerprint density at radius 3 is 2.62 bits per heavy atom. The van der Waals surface area contributed by atoms with Crippen molar-refractivity contribution in [2.75, 3.05) is 0 Å². The second-order valence-corrected chi connectivity index (χ2v) is 4.34. The first-order chi connectivity index (χ1) is 7.52. The van der Waals surface area contributed by atoms with Crippen LogP contribution in [0.25, 0.3) is 0 Å². The summed E-state index contributed by atoms with van der Waals surface area (Å²) in [6.07, 6.45) is 1.01. The molecular formula is C13H19NO2. The second kappa shape index (κ2) is 5.66. The Kier molecular flexibility index (Phi) is 4.50. The van der Waals surface area contributed by atoms with Crippen LogP contribution in [0.2, 0.25) is 0 Å². The summed E-state index contributed by atoms with van der Waals surface area (Å²) in [5.41, 5.74) is 7.75. The molecule has 3 nitrogen and oxygen atoms in total. The molecule has 0 saturated carbocycles. The first-order valence-corrected chi connectivity index (χ1v) is 5.53. The lowest BCUT2D eigenvalue weighted by Crippen LogP contribution is -2.07. The number of ether oxygens (including phenoxy) is 1. The van der Waals surface area contributed by atoms with E-state index in [0.717, 1.165) is 12.0 Å². The molecule has 0 aromatic heterocycles. The van der Waals surface area contributed by atoms with Crippen LogP contribution < -0.4 is 10.5 Å². The van der Waals surface area contributed by atoms with Gasteiger partial charge in [-0.15, -0.1) is 0 Å². The maximum atomic E-state index is 10.9. The van der Waals surface area contributed by atoms with Crippen molar-refractivity contribution in [3.63, 3.8) is 0 Å². The number of hydrogen-bond acceptors (Lipinski definition) is 3. The first-order valence-electron chi connectivity index (χ1n) is 5.53. The first kappa shape index (κ1) is 12.7. The van der Waals surface area contributed by atoms with Gasteiger partial charge in [-0.1, -0.05) is 26.0 Å². The minimum absolute atomic E-state index is 0.314. The lowest BCUT2D eigenvalue weighted by molar-refractivity contribution is -0.131. The molecule has 0 spiro atoms. The van der Waals surface area contributed by atoms with E-state index in [-0.39, 0.29) is 5.97 Å². The van der Waals surface area contributed by atoms with Crippen LogP contribution in [0.4, 0.5) is 0 Å². The predicted molar refractivity (Wildman–Crippen MR) is 64.2 cm³/mol. The van der Waals surface area contributed by atoms with Crippen molar-refractivity contribution in [1.29, 1.82) is 0 Å². The average molecular weight is 221 g/mol. The molecule has 1 aromatic rings. The van der Waals surface area contributed by atoms with Crippen LogP contribution in [0.1, 0.15) is 31.9 Å². The third-order valence-corrected chi connectivity index (χ3v) is 2.24. The van der Waals surface area contributed by atoms with Gasteiger partial charge in [0.2, 0.25) is 0 Å². The zero-order chi connectivity index (χ0) is 12.1. The zero-order valence-electron chi connectivity index (χ0n) is 10.1. The molecule has 1 rings (SSSR count). The smallest absolute Gasteiger partial charge is 0.308 e. The predicted octanol–water partition coefficient (Wildman–Crippen LogP) is 2.27. The summed E-state index contributed by atoms with van der Waals surface area (Å²) in [5.74, 6) is 0.860. The van der Waals surface area contributed by atoms with Gasteiger partial charge in [0.25, 0.3) is 0 Å². The quantitative estimate of drug-likeness (QED) is 0.626.